The Morgan fingerprint density at radius 3 is 2.67 bits per heavy atom. The first-order chi connectivity index (χ1) is 10.0. The molecule has 1 fully saturated rings. The van der Waals surface area contributed by atoms with Gasteiger partial charge in [-0.05, 0) is 24.3 Å². The number of benzene rings is 1. The van der Waals surface area contributed by atoms with Gasteiger partial charge < -0.3 is 5.32 Å². The molecule has 1 unspecified atom stereocenters. The van der Waals surface area contributed by atoms with Crippen LogP contribution in [0.25, 0.3) is 0 Å². The number of hydrogen-bond donors (Lipinski definition) is 1. The Hall–Kier alpha value is -1.60. The van der Waals surface area contributed by atoms with Crippen molar-refractivity contribution in [3.63, 3.8) is 0 Å². The van der Waals surface area contributed by atoms with E-state index in [1.807, 2.05) is 0 Å². The van der Waals surface area contributed by atoms with Crippen molar-refractivity contribution in [2.24, 2.45) is 0 Å². The number of amides is 3. The van der Waals surface area contributed by atoms with Gasteiger partial charge in [-0.25, -0.2) is 0 Å². The first-order valence-corrected chi connectivity index (χ1v) is 7.87. The second-order valence-corrected chi connectivity index (χ2v) is 6.44. The summed E-state index contributed by atoms with van der Waals surface area (Å²) in [6.45, 7) is 3.68. The van der Waals surface area contributed by atoms with Crippen LogP contribution in [0.4, 0.5) is 10.5 Å². The maximum Gasteiger partial charge on any atom is 0.289 e. The topological polar surface area (TPSA) is 66.5 Å². The second-order valence-electron chi connectivity index (χ2n) is 4.37. The van der Waals surface area contributed by atoms with Crippen LogP contribution < -0.4 is 5.32 Å². The molecule has 1 N–H and O–H groups in total. The maximum atomic E-state index is 12.0. The summed E-state index contributed by atoms with van der Waals surface area (Å²) in [5.41, 5.74) is 0.646. The number of carbonyl (C=O) groups excluding carboxylic acids is 3. The highest BCUT2D eigenvalue weighted by Gasteiger charge is 2.39. The molecule has 0 bridgehead atoms. The average Bonchev–Trinajstić information content (AvgIpc) is 2.69. The molecule has 3 amide bonds. The lowest BCUT2D eigenvalue weighted by Crippen LogP contribution is -2.33. The summed E-state index contributed by atoms with van der Waals surface area (Å²) < 4.78 is 0.910. The van der Waals surface area contributed by atoms with Gasteiger partial charge in [0.25, 0.3) is 5.24 Å². The molecule has 21 heavy (non-hydrogen) atoms. The third kappa shape index (κ3) is 3.95. The highest BCUT2D eigenvalue weighted by atomic mass is 79.9. The van der Waals surface area contributed by atoms with Crippen LogP contribution >= 0.6 is 27.7 Å². The Labute approximate surface area is 134 Å². The Balaban J connectivity index is 1.94. The van der Waals surface area contributed by atoms with E-state index < -0.39 is 5.25 Å². The summed E-state index contributed by atoms with van der Waals surface area (Å²) >= 11 is 4.19. The minimum absolute atomic E-state index is 0.0288. The zero-order chi connectivity index (χ0) is 15.4. The van der Waals surface area contributed by atoms with Crippen molar-refractivity contribution in [2.75, 3.05) is 11.9 Å². The molecule has 1 aromatic carbocycles. The molecule has 0 spiro atoms. The predicted molar refractivity (Wildman–Crippen MR) is 86.1 cm³/mol. The molecule has 0 aliphatic carbocycles. The van der Waals surface area contributed by atoms with Gasteiger partial charge in [-0.2, -0.15) is 0 Å². The number of carbonyl (C=O) groups is 3. The van der Waals surface area contributed by atoms with Crippen molar-refractivity contribution in [2.45, 2.75) is 11.7 Å². The van der Waals surface area contributed by atoms with Crippen LogP contribution in [0.3, 0.4) is 0 Å². The van der Waals surface area contributed by atoms with E-state index in [0.29, 0.717) is 5.69 Å². The van der Waals surface area contributed by atoms with E-state index in [0.717, 1.165) is 21.1 Å². The molecular weight excluding hydrogens is 356 g/mol. The van der Waals surface area contributed by atoms with Crippen LogP contribution in [-0.2, 0) is 9.59 Å². The van der Waals surface area contributed by atoms with Crippen LogP contribution in [0.15, 0.2) is 41.4 Å². The summed E-state index contributed by atoms with van der Waals surface area (Å²) in [5, 5.41) is 1.71. The van der Waals surface area contributed by atoms with Gasteiger partial charge in [0, 0.05) is 23.1 Å². The van der Waals surface area contributed by atoms with Crippen molar-refractivity contribution < 1.29 is 14.4 Å². The zero-order valence-corrected chi connectivity index (χ0v) is 13.4. The summed E-state index contributed by atoms with van der Waals surface area (Å²) in [6.07, 6.45) is 1.46. The predicted octanol–water partition coefficient (Wildman–Crippen LogP) is 3.03. The summed E-state index contributed by atoms with van der Waals surface area (Å²) in [5.74, 6) is -0.632. The van der Waals surface area contributed by atoms with E-state index >= 15 is 0 Å². The summed E-state index contributed by atoms with van der Waals surface area (Å²) in [6, 6.07) is 7.11. The fourth-order valence-corrected chi connectivity index (χ4v) is 3.10. The maximum absolute atomic E-state index is 12.0. The third-order valence-corrected chi connectivity index (χ3v) is 4.42. The molecule has 1 saturated heterocycles. The summed E-state index contributed by atoms with van der Waals surface area (Å²) in [4.78, 5) is 36.7. The van der Waals surface area contributed by atoms with E-state index in [2.05, 4.69) is 27.8 Å². The molecule has 2 rings (SSSR count). The Bertz CT molecular complexity index is 588. The molecular formula is C14H13BrN2O3S. The molecule has 0 radical (unpaired) electrons. The molecule has 7 heteroatoms. The largest absolute Gasteiger partial charge is 0.326 e. The summed E-state index contributed by atoms with van der Waals surface area (Å²) in [7, 11) is 0. The number of anilines is 1. The Kier molecular flexibility index (Phi) is 5.19. The number of halogens is 1. The third-order valence-electron chi connectivity index (χ3n) is 2.82. The zero-order valence-electron chi connectivity index (χ0n) is 11.0. The van der Waals surface area contributed by atoms with E-state index in [4.69, 9.17) is 0 Å². The van der Waals surface area contributed by atoms with E-state index in [1.54, 1.807) is 24.3 Å². The monoisotopic (exact) mass is 368 g/mol. The minimum Gasteiger partial charge on any atom is -0.326 e. The van der Waals surface area contributed by atoms with Gasteiger partial charge in [-0.15, -0.1) is 6.58 Å². The van der Waals surface area contributed by atoms with Crippen LogP contribution in [0.2, 0.25) is 0 Å². The lowest BCUT2D eigenvalue weighted by molar-refractivity contribution is -0.128. The van der Waals surface area contributed by atoms with Crippen molar-refractivity contribution in [3.05, 3.63) is 41.4 Å². The quantitative estimate of drug-likeness (QED) is 0.811. The fraction of sp³-hybridized carbons (Fsp3) is 0.214. The van der Waals surface area contributed by atoms with Crippen molar-refractivity contribution in [1.29, 1.82) is 0 Å². The van der Waals surface area contributed by atoms with Gasteiger partial charge in [0.05, 0.1) is 0 Å². The van der Waals surface area contributed by atoms with Gasteiger partial charge in [0.1, 0.15) is 5.25 Å². The van der Waals surface area contributed by atoms with Gasteiger partial charge in [0.15, 0.2) is 0 Å². The van der Waals surface area contributed by atoms with Crippen LogP contribution in [0.1, 0.15) is 6.42 Å². The molecule has 1 aliphatic heterocycles. The Morgan fingerprint density at radius 2 is 2.05 bits per heavy atom. The molecule has 1 aliphatic rings. The normalized spacial score (nSPS) is 18.0. The van der Waals surface area contributed by atoms with Crippen LogP contribution in [0.5, 0.6) is 0 Å². The van der Waals surface area contributed by atoms with Crippen LogP contribution in [0, 0.1) is 0 Å². The number of nitrogens with one attached hydrogen (secondary N) is 1. The standard InChI is InChI=1S/C14H13BrN2O3S/c1-2-7-17-13(19)11(21-14(17)20)8-12(18)16-10-5-3-9(15)4-6-10/h2-6,11H,1,7-8H2,(H,16,18). The fourth-order valence-electron chi connectivity index (χ4n) is 1.84. The highest BCUT2D eigenvalue weighted by molar-refractivity contribution is 9.10. The highest BCUT2D eigenvalue weighted by Crippen LogP contribution is 2.29. The Morgan fingerprint density at radius 1 is 1.38 bits per heavy atom. The van der Waals surface area contributed by atoms with Gasteiger partial charge in [-0.3, -0.25) is 19.3 Å². The molecule has 1 heterocycles. The van der Waals surface area contributed by atoms with Crippen molar-refractivity contribution in [1.82, 2.24) is 4.90 Å². The molecule has 1 atom stereocenters. The van der Waals surface area contributed by atoms with Crippen molar-refractivity contribution >= 4 is 50.4 Å². The SMILES string of the molecule is C=CCN1C(=O)SC(CC(=O)Nc2ccc(Br)cc2)C1=O. The molecule has 110 valence electrons. The minimum atomic E-state index is -0.659. The molecule has 0 aromatic heterocycles. The number of nitrogens with zero attached hydrogens (tertiary/aromatic N) is 1. The number of thioether (sulfide) groups is 1. The second kappa shape index (κ2) is 6.91. The number of imide groups is 1. The molecule has 5 nitrogen and oxygen atoms in total. The van der Waals surface area contributed by atoms with E-state index in [9.17, 15) is 14.4 Å². The van der Waals surface area contributed by atoms with E-state index in [1.165, 1.54) is 6.08 Å². The molecule has 0 saturated carbocycles. The van der Waals surface area contributed by atoms with Gasteiger partial charge in [0.2, 0.25) is 11.8 Å². The van der Waals surface area contributed by atoms with E-state index in [-0.39, 0.29) is 30.0 Å². The first-order valence-electron chi connectivity index (χ1n) is 6.19. The average molecular weight is 369 g/mol. The first kappa shape index (κ1) is 15.8. The van der Waals surface area contributed by atoms with Gasteiger partial charge >= 0.3 is 0 Å². The van der Waals surface area contributed by atoms with Gasteiger partial charge in [-0.1, -0.05) is 33.8 Å². The van der Waals surface area contributed by atoms with Crippen molar-refractivity contribution in [3.8, 4) is 0 Å². The number of rotatable bonds is 5. The smallest absolute Gasteiger partial charge is 0.289 e. The molecule has 1 aromatic rings. The lowest BCUT2D eigenvalue weighted by atomic mass is 10.2. The number of hydrogen-bond acceptors (Lipinski definition) is 4. The lowest BCUT2D eigenvalue weighted by Gasteiger charge is -2.11. The van der Waals surface area contributed by atoms with Crippen LogP contribution in [-0.4, -0.2) is 33.7 Å².